The monoisotopic (exact) mass is 406 g/mol. The van der Waals surface area contributed by atoms with E-state index in [1.807, 2.05) is 23.0 Å². The standard InChI is InChI=1S/C19H18N8O3/c1-30-19(29)14-8-22-26-3-2-12(6-16(14)26)10-27-18-17(24-27)20-9-15(23-18)13-7-21-25(11-13)4-5-28/h2-3,6-9,11,28H,4-5,10H2,1H3,(H,20,24). The van der Waals surface area contributed by atoms with E-state index in [2.05, 4.69) is 25.3 Å². The third kappa shape index (κ3) is 3.01. The quantitative estimate of drug-likeness (QED) is 0.404. The average Bonchev–Trinajstić information content (AvgIpc) is 3.38. The Morgan fingerprint density at radius 1 is 1.27 bits per heavy atom. The Hall–Kier alpha value is -3.99. The molecule has 152 valence electrons. The zero-order valence-electron chi connectivity index (χ0n) is 16.1. The Labute approximate surface area is 169 Å². The first-order valence-electron chi connectivity index (χ1n) is 9.26. The molecule has 0 aromatic carbocycles. The number of hydrogen-bond acceptors (Lipinski definition) is 7. The molecule has 0 aliphatic heterocycles. The number of carbonyl (C=O) groups excluding carboxylic acids is 1. The van der Waals surface area contributed by atoms with Gasteiger partial charge in [-0.15, -0.1) is 0 Å². The molecule has 11 heteroatoms. The molecule has 0 unspecified atom stereocenters. The van der Waals surface area contributed by atoms with Crippen LogP contribution in [0.4, 0.5) is 0 Å². The van der Waals surface area contributed by atoms with Gasteiger partial charge < -0.3 is 9.84 Å². The molecule has 0 bridgehead atoms. The molecule has 0 aliphatic carbocycles. The number of rotatable bonds is 6. The lowest BCUT2D eigenvalue weighted by Gasteiger charge is -2.15. The number of ether oxygens (including phenoxy) is 1. The van der Waals surface area contributed by atoms with Crippen LogP contribution in [0.2, 0.25) is 0 Å². The molecule has 0 radical (unpaired) electrons. The van der Waals surface area contributed by atoms with E-state index in [0.29, 0.717) is 35.5 Å². The molecule has 0 spiro atoms. The van der Waals surface area contributed by atoms with Gasteiger partial charge in [-0.3, -0.25) is 14.5 Å². The van der Waals surface area contributed by atoms with Crippen LogP contribution in [0.25, 0.3) is 28.1 Å². The summed E-state index contributed by atoms with van der Waals surface area (Å²) in [5.74, 6) is -0.424. The first kappa shape index (κ1) is 18.1. The first-order valence-corrected chi connectivity index (χ1v) is 9.26. The van der Waals surface area contributed by atoms with E-state index < -0.39 is 5.97 Å². The second-order valence-electron chi connectivity index (χ2n) is 6.76. The van der Waals surface area contributed by atoms with Gasteiger partial charge in [0.15, 0.2) is 11.3 Å². The molecule has 0 aliphatic rings. The number of aromatic amines is 1. The number of carbonyl (C=O) groups is 1. The van der Waals surface area contributed by atoms with Crippen LogP contribution in [0.15, 0.2) is 43.1 Å². The summed E-state index contributed by atoms with van der Waals surface area (Å²) in [6.07, 6.45) is 8.51. The number of aliphatic hydroxyl groups is 1. The number of aliphatic hydroxyl groups excluding tert-OH is 1. The molecule has 0 amide bonds. The highest BCUT2D eigenvalue weighted by atomic mass is 16.5. The summed E-state index contributed by atoms with van der Waals surface area (Å²) >= 11 is 0. The number of aromatic nitrogens is 8. The smallest absolute Gasteiger partial charge is 0.341 e. The Balaban J connectivity index is 1.45. The molecule has 5 rings (SSSR count). The predicted molar refractivity (Wildman–Crippen MR) is 106 cm³/mol. The van der Waals surface area contributed by atoms with Crippen LogP contribution in [0, 0.1) is 0 Å². The van der Waals surface area contributed by atoms with E-state index >= 15 is 0 Å². The highest BCUT2D eigenvalue weighted by molar-refractivity contribution is 5.96. The second kappa shape index (κ2) is 7.12. The fourth-order valence-electron chi connectivity index (χ4n) is 3.32. The van der Waals surface area contributed by atoms with Gasteiger partial charge in [0.05, 0.1) is 56.6 Å². The van der Waals surface area contributed by atoms with Crippen molar-refractivity contribution in [2.24, 2.45) is 0 Å². The van der Waals surface area contributed by atoms with E-state index in [4.69, 9.17) is 9.84 Å². The minimum absolute atomic E-state index is 0.0217. The zero-order valence-corrected chi connectivity index (χ0v) is 16.1. The highest BCUT2D eigenvalue weighted by Crippen LogP contribution is 2.21. The fraction of sp³-hybridized carbons (Fsp3) is 0.211. The third-order valence-electron chi connectivity index (χ3n) is 4.84. The van der Waals surface area contributed by atoms with Crippen LogP contribution in [0.1, 0.15) is 15.9 Å². The summed E-state index contributed by atoms with van der Waals surface area (Å²) in [4.78, 5) is 21.0. The summed E-state index contributed by atoms with van der Waals surface area (Å²) in [7, 11) is 1.35. The van der Waals surface area contributed by atoms with Crippen molar-refractivity contribution in [3.8, 4) is 11.3 Å². The van der Waals surface area contributed by atoms with Crippen LogP contribution in [0.3, 0.4) is 0 Å². The van der Waals surface area contributed by atoms with E-state index in [-0.39, 0.29) is 6.61 Å². The average molecular weight is 406 g/mol. The summed E-state index contributed by atoms with van der Waals surface area (Å²) in [6.45, 7) is 0.974. The number of esters is 1. The number of fused-ring (bicyclic) bond motifs is 2. The topological polar surface area (TPSA) is 128 Å². The summed E-state index contributed by atoms with van der Waals surface area (Å²) in [6, 6.07) is 3.83. The number of nitrogens with one attached hydrogen (secondary N) is 1. The molecule has 11 nitrogen and oxygen atoms in total. The van der Waals surface area contributed by atoms with Gasteiger partial charge >= 0.3 is 5.97 Å². The van der Waals surface area contributed by atoms with Crippen molar-refractivity contribution in [1.29, 1.82) is 0 Å². The van der Waals surface area contributed by atoms with Crippen LogP contribution < -0.4 is 0 Å². The van der Waals surface area contributed by atoms with Crippen LogP contribution >= 0.6 is 0 Å². The number of H-pyrrole nitrogens is 1. The van der Waals surface area contributed by atoms with Crippen molar-refractivity contribution in [3.63, 3.8) is 0 Å². The van der Waals surface area contributed by atoms with Crippen molar-refractivity contribution in [1.82, 2.24) is 39.1 Å². The zero-order chi connectivity index (χ0) is 20.7. The number of nitrogens with zero attached hydrogens (tertiary/aromatic N) is 7. The molecule has 0 atom stereocenters. The summed E-state index contributed by atoms with van der Waals surface area (Å²) in [5, 5.41) is 20.6. The Bertz CT molecular complexity index is 1360. The third-order valence-corrected chi connectivity index (χ3v) is 4.84. The molecule has 2 N–H and O–H groups in total. The molecule has 30 heavy (non-hydrogen) atoms. The Morgan fingerprint density at radius 3 is 3.00 bits per heavy atom. The van der Waals surface area contributed by atoms with E-state index in [9.17, 15) is 4.79 Å². The van der Waals surface area contributed by atoms with Gasteiger partial charge in [-0.25, -0.2) is 19.3 Å². The lowest BCUT2D eigenvalue weighted by atomic mass is 10.2. The van der Waals surface area contributed by atoms with Crippen LogP contribution in [-0.2, 0) is 17.8 Å². The van der Waals surface area contributed by atoms with Crippen molar-refractivity contribution >= 4 is 22.8 Å². The lowest BCUT2D eigenvalue weighted by Crippen LogP contribution is -2.15. The summed E-state index contributed by atoms with van der Waals surface area (Å²) in [5.41, 5.74) is 5.01. The second-order valence-corrected chi connectivity index (χ2v) is 6.76. The maximum atomic E-state index is 11.9. The first-order chi connectivity index (χ1) is 14.7. The molecule has 0 saturated heterocycles. The normalized spacial score (nSPS) is 11.5. The van der Waals surface area contributed by atoms with Gasteiger partial charge in [-0.2, -0.15) is 10.2 Å². The Morgan fingerprint density at radius 2 is 2.17 bits per heavy atom. The fourth-order valence-corrected chi connectivity index (χ4v) is 3.32. The van der Waals surface area contributed by atoms with Gasteiger partial charge in [0.2, 0.25) is 0 Å². The van der Waals surface area contributed by atoms with E-state index in [0.717, 1.165) is 16.8 Å². The number of methoxy groups -OCH3 is 1. The SMILES string of the molecule is COC(=O)c1cnn2ccc(Cn3[nH]c4ncc(-c5cnn(CCO)c5)nc43)cc12. The van der Waals surface area contributed by atoms with Gasteiger partial charge in [0.25, 0.3) is 0 Å². The van der Waals surface area contributed by atoms with Crippen LogP contribution in [-0.4, -0.2) is 63.9 Å². The lowest BCUT2D eigenvalue weighted by molar-refractivity contribution is 0.0603. The minimum atomic E-state index is -0.424. The minimum Gasteiger partial charge on any atom is -0.465 e. The van der Waals surface area contributed by atoms with Crippen molar-refractivity contribution < 1.29 is 14.6 Å². The Kier molecular flexibility index (Phi) is 4.29. The van der Waals surface area contributed by atoms with Gasteiger partial charge in [0, 0.05) is 18.0 Å². The molecule has 5 aromatic heterocycles. The predicted octanol–water partition coefficient (Wildman–Crippen LogP) is 1.10. The van der Waals surface area contributed by atoms with Crippen LogP contribution in [0.5, 0.6) is 0 Å². The number of pyridine rings is 1. The number of hydrogen-bond donors (Lipinski definition) is 2. The summed E-state index contributed by atoms with van der Waals surface area (Å²) < 4.78 is 9.99. The molecular formula is C19H18N8O3. The van der Waals surface area contributed by atoms with Crippen molar-refractivity contribution in [2.75, 3.05) is 13.7 Å². The van der Waals surface area contributed by atoms with E-state index in [1.54, 1.807) is 27.8 Å². The van der Waals surface area contributed by atoms with Gasteiger partial charge in [0.1, 0.15) is 5.56 Å². The molecule has 5 aromatic rings. The maximum absolute atomic E-state index is 11.9. The van der Waals surface area contributed by atoms with Gasteiger partial charge in [-0.05, 0) is 17.7 Å². The van der Waals surface area contributed by atoms with Crippen molar-refractivity contribution in [2.45, 2.75) is 13.1 Å². The maximum Gasteiger partial charge on any atom is 0.341 e. The molecule has 5 heterocycles. The molecule has 0 saturated carbocycles. The molecule has 0 fully saturated rings. The van der Waals surface area contributed by atoms with Gasteiger partial charge in [-0.1, -0.05) is 0 Å². The largest absolute Gasteiger partial charge is 0.465 e. The molecular weight excluding hydrogens is 388 g/mol. The van der Waals surface area contributed by atoms with E-state index in [1.165, 1.54) is 13.3 Å². The highest BCUT2D eigenvalue weighted by Gasteiger charge is 2.15. The van der Waals surface area contributed by atoms with Crippen molar-refractivity contribution in [3.05, 3.63) is 54.2 Å².